The van der Waals surface area contributed by atoms with E-state index in [4.69, 9.17) is 9.47 Å². The average molecular weight is 276 g/mol. The first-order chi connectivity index (χ1) is 9.86. The van der Waals surface area contributed by atoms with E-state index in [0.717, 1.165) is 37.7 Å². The normalized spacial score (nSPS) is 23.4. The molecule has 3 rings (SSSR count). The highest BCUT2D eigenvalue weighted by Gasteiger charge is 2.31. The molecule has 4 nitrogen and oxygen atoms in total. The molecule has 1 aromatic rings. The van der Waals surface area contributed by atoms with Crippen LogP contribution in [0.5, 0.6) is 5.88 Å². The molecule has 0 aliphatic carbocycles. The molecule has 0 unspecified atom stereocenters. The number of piperidine rings is 1. The van der Waals surface area contributed by atoms with Gasteiger partial charge in [0.05, 0.1) is 13.2 Å². The lowest BCUT2D eigenvalue weighted by Gasteiger charge is -2.37. The number of nitrogens with one attached hydrogen (secondary N) is 1. The van der Waals surface area contributed by atoms with Crippen molar-refractivity contribution in [1.29, 1.82) is 0 Å². The smallest absolute Gasteiger partial charge is 0.213 e. The molecule has 4 heteroatoms. The van der Waals surface area contributed by atoms with Gasteiger partial charge in [-0.25, -0.2) is 4.98 Å². The molecule has 2 bridgehead atoms. The van der Waals surface area contributed by atoms with Gasteiger partial charge in [-0.05, 0) is 56.7 Å². The Kier molecular flexibility index (Phi) is 4.53. The highest BCUT2D eigenvalue weighted by molar-refractivity contribution is 5.16. The van der Waals surface area contributed by atoms with Crippen LogP contribution in [0, 0.1) is 5.41 Å². The molecule has 0 amide bonds. The first-order valence-corrected chi connectivity index (χ1v) is 7.74. The van der Waals surface area contributed by atoms with Crippen molar-refractivity contribution in [1.82, 2.24) is 10.3 Å². The number of rotatable bonds is 0. The first-order valence-electron chi connectivity index (χ1n) is 7.74. The molecule has 110 valence electrons. The lowest BCUT2D eigenvalue weighted by molar-refractivity contribution is 0.00542. The number of aryl methyl sites for hydroxylation is 1. The third kappa shape index (κ3) is 3.49. The number of hydrogen-bond donors (Lipinski definition) is 1. The molecule has 3 heterocycles. The summed E-state index contributed by atoms with van der Waals surface area (Å²) < 4.78 is 11.5. The quantitative estimate of drug-likeness (QED) is 0.789. The van der Waals surface area contributed by atoms with Gasteiger partial charge in [-0.2, -0.15) is 0 Å². The molecule has 0 saturated carbocycles. The molecule has 1 N–H and O–H groups in total. The van der Waals surface area contributed by atoms with Gasteiger partial charge in [0.2, 0.25) is 5.88 Å². The number of nitrogens with zero attached hydrogens (tertiary/aromatic N) is 1. The van der Waals surface area contributed by atoms with Gasteiger partial charge in [0, 0.05) is 11.8 Å². The zero-order chi connectivity index (χ0) is 13.7. The van der Waals surface area contributed by atoms with Crippen molar-refractivity contribution in [2.75, 3.05) is 32.9 Å². The van der Waals surface area contributed by atoms with Gasteiger partial charge in [0.1, 0.15) is 6.61 Å². The Bertz CT molecular complexity index is 430. The van der Waals surface area contributed by atoms with E-state index in [9.17, 15) is 0 Å². The predicted molar refractivity (Wildman–Crippen MR) is 78.0 cm³/mol. The van der Waals surface area contributed by atoms with Crippen molar-refractivity contribution in [2.45, 2.75) is 32.1 Å². The van der Waals surface area contributed by atoms with E-state index in [1.54, 1.807) is 0 Å². The summed E-state index contributed by atoms with van der Waals surface area (Å²) in [6.45, 7) is 4.35. The number of pyridine rings is 1. The summed E-state index contributed by atoms with van der Waals surface area (Å²) in [5.41, 5.74) is 1.51. The number of aromatic nitrogens is 1. The van der Waals surface area contributed by atoms with E-state index in [2.05, 4.69) is 16.4 Å². The van der Waals surface area contributed by atoms with Crippen LogP contribution in [0.1, 0.15) is 31.4 Å². The fraction of sp³-hybridized carbons (Fsp3) is 0.688. The van der Waals surface area contributed by atoms with Gasteiger partial charge in [-0.1, -0.05) is 6.07 Å². The van der Waals surface area contributed by atoms with Crippen LogP contribution in [0.2, 0.25) is 0 Å². The number of hydrogen-bond acceptors (Lipinski definition) is 4. The second-order valence-electron chi connectivity index (χ2n) is 5.97. The van der Waals surface area contributed by atoms with Gasteiger partial charge >= 0.3 is 0 Å². The molecule has 2 aliphatic rings. The topological polar surface area (TPSA) is 43.4 Å². The maximum absolute atomic E-state index is 5.89. The third-order valence-electron chi connectivity index (χ3n) is 4.47. The molecular formula is C16H24N2O2. The summed E-state index contributed by atoms with van der Waals surface area (Å²) in [4.78, 5) is 4.55. The zero-order valence-corrected chi connectivity index (χ0v) is 12.1. The Labute approximate surface area is 120 Å². The second-order valence-corrected chi connectivity index (χ2v) is 5.97. The fourth-order valence-corrected chi connectivity index (χ4v) is 3.24. The van der Waals surface area contributed by atoms with E-state index < -0.39 is 0 Å². The number of fused-ring (bicyclic) bond motifs is 2. The lowest BCUT2D eigenvalue weighted by atomic mass is 9.75. The molecule has 1 saturated heterocycles. The van der Waals surface area contributed by atoms with Gasteiger partial charge in [-0.15, -0.1) is 0 Å². The summed E-state index contributed by atoms with van der Waals surface area (Å²) in [5.74, 6) is 0.725. The Hall–Kier alpha value is -1.13. The van der Waals surface area contributed by atoms with E-state index >= 15 is 0 Å². The lowest BCUT2D eigenvalue weighted by Crippen LogP contribution is -2.40. The van der Waals surface area contributed by atoms with E-state index in [1.165, 1.54) is 25.7 Å². The maximum atomic E-state index is 5.89. The van der Waals surface area contributed by atoms with Crippen molar-refractivity contribution in [3.8, 4) is 5.88 Å². The van der Waals surface area contributed by atoms with Gasteiger partial charge < -0.3 is 14.8 Å². The van der Waals surface area contributed by atoms with Crippen LogP contribution in [-0.4, -0.2) is 37.9 Å². The summed E-state index contributed by atoms with van der Waals surface area (Å²) >= 11 is 0. The summed E-state index contributed by atoms with van der Waals surface area (Å²) in [5, 5.41) is 3.45. The standard InChI is InChI=1S/C16H24N2O2/c1-3-14-4-2-6-16(7-9-17-10-8-16)13-19-11-12-20-15(5-1)18-14/h1,3,5,17H,2,4,6-13H2. The first kappa shape index (κ1) is 13.8. The molecule has 2 aliphatic heterocycles. The van der Waals surface area contributed by atoms with Gasteiger partial charge in [0.25, 0.3) is 0 Å². The second kappa shape index (κ2) is 6.55. The van der Waals surface area contributed by atoms with Crippen LogP contribution in [0.4, 0.5) is 0 Å². The Morgan fingerprint density at radius 3 is 2.90 bits per heavy atom. The monoisotopic (exact) mass is 276 g/mol. The minimum absolute atomic E-state index is 0.363. The Morgan fingerprint density at radius 2 is 2.00 bits per heavy atom. The summed E-state index contributed by atoms with van der Waals surface area (Å²) in [6, 6.07) is 6.05. The van der Waals surface area contributed by atoms with Crippen LogP contribution in [0.25, 0.3) is 0 Å². The maximum Gasteiger partial charge on any atom is 0.213 e. The van der Waals surface area contributed by atoms with Crippen molar-refractivity contribution in [3.05, 3.63) is 23.9 Å². The van der Waals surface area contributed by atoms with E-state index in [0.29, 0.717) is 18.6 Å². The predicted octanol–water partition coefficient (Wildman–Crippen LogP) is 2.18. The largest absolute Gasteiger partial charge is 0.475 e. The molecule has 1 spiro atoms. The molecule has 20 heavy (non-hydrogen) atoms. The summed E-state index contributed by atoms with van der Waals surface area (Å²) in [6.07, 6.45) is 5.90. The molecule has 0 aromatic carbocycles. The van der Waals surface area contributed by atoms with Crippen molar-refractivity contribution < 1.29 is 9.47 Å². The van der Waals surface area contributed by atoms with E-state index in [1.807, 2.05) is 12.1 Å². The van der Waals surface area contributed by atoms with Crippen LogP contribution in [0.15, 0.2) is 18.2 Å². The van der Waals surface area contributed by atoms with Gasteiger partial charge in [-0.3, -0.25) is 0 Å². The Morgan fingerprint density at radius 1 is 1.10 bits per heavy atom. The zero-order valence-electron chi connectivity index (χ0n) is 12.1. The molecule has 0 radical (unpaired) electrons. The van der Waals surface area contributed by atoms with Crippen LogP contribution in [0.3, 0.4) is 0 Å². The molecule has 1 aromatic heterocycles. The minimum Gasteiger partial charge on any atom is -0.475 e. The van der Waals surface area contributed by atoms with Gasteiger partial charge in [0.15, 0.2) is 0 Å². The third-order valence-corrected chi connectivity index (χ3v) is 4.47. The van der Waals surface area contributed by atoms with Crippen molar-refractivity contribution in [3.63, 3.8) is 0 Å². The van der Waals surface area contributed by atoms with Crippen LogP contribution in [-0.2, 0) is 11.2 Å². The highest BCUT2D eigenvalue weighted by Crippen LogP contribution is 2.35. The van der Waals surface area contributed by atoms with Crippen molar-refractivity contribution in [2.24, 2.45) is 5.41 Å². The fourth-order valence-electron chi connectivity index (χ4n) is 3.24. The van der Waals surface area contributed by atoms with Crippen LogP contribution < -0.4 is 10.1 Å². The number of ether oxygens (including phenoxy) is 2. The molecule has 1 fully saturated rings. The summed E-state index contributed by atoms with van der Waals surface area (Å²) in [7, 11) is 0. The van der Waals surface area contributed by atoms with Crippen LogP contribution >= 0.6 is 0 Å². The SMILES string of the molecule is c1cc2nc(c1)OCCOCC1(CCC2)CCNCC1. The minimum atomic E-state index is 0.363. The highest BCUT2D eigenvalue weighted by atomic mass is 16.5. The van der Waals surface area contributed by atoms with Crippen molar-refractivity contribution >= 4 is 0 Å². The molecule has 0 atom stereocenters. The average Bonchev–Trinajstić information content (AvgIpc) is 2.47. The Balaban J connectivity index is 1.69. The van der Waals surface area contributed by atoms with E-state index in [-0.39, 0.29) is 0 Å². The molecular weight excluding hydrogens is 252 g/mol.